The first-order valence-corrected chi connectivity index (χ1v) is 7.72. The minimum Gasteiger partial charge on any atom is -0.444 e. The summed E-state index contributed by atoms with van der Waals surface area (Å²) < 4.78 is 36.7. The number of pyridine rings is 1. The molecule has 0 unspecified atom stereocenters. The van der Waals surface area contributed by atoms with Gasteiger partial charge < -0.3 is 9.64 Å². The molecule has 8 heteroatoms. The van der Waals surface area contributed by atoms with Gasteiger partial charge in [-0.3, -0.25) is 15.1 Å². The lowest BCUT2D eigenvalue weighted by molar-refractivity contribution is -0.387. The largest absolute Gasteiger partial charge is 0.444 e. The van der Waals surface area contributed by atoms with Crippen molar-refractivity contribution in [2.45, 2.75) is 32.9 Å². The lowest BCUT2D eigenvalue weighted by Crippen LogP contribution is -2.34. The maximum absolute atomic E-state index is 14.6. The summed E-state index contributed by atoms with van der Waals surface area (Å²) in [5.41, 5.74) is -2.13. The number of amides is 1. The Hall–Kier alpha value is -3.03. The summed E-state index contributed by atoms with van der Waals surface area (Å²) in [5.74, 6) is -1.14. The molecule has 0 N–H and O–H groups in total. The zero-order valence-corrected chi connectivity index (χ0v) is 14.8. The normalized spacial score (nSPS) is 12.8. The fraction of sp³-hybridized carbons (Fsp3) is 0.333. The third-order valence-electron chi connectivity index (χ3n) is 3.19. The highest BCUT2D eigenvalue weighted by molar-refractivity contribution is 5.70. The van der Waals surface area contributed by atoms with Gasteiger partial charge in [-0.2, -0.15) is 4.39 Å². The Bertz CT molecular complexity index is 916. The minimum absolute atomic E-state index is 0.136. The predicted molar refractivity (Wildman–Crippen MR) is 94.0 cm³/mol. The van der Waals surface area contributed by atoms with E-state index in [9.17, 15) is 19.3 Å². The van der Waals surface area contributed by atoms with E-state index >= 15 is 0 Å². The summed E-state index contributed by atoms with van der Waals surface area (Å²) in [4.78, 5) is 27.2. The summed E-state index contributed by atoms with van der Waals surface area (Å²) in [6.45, 7) is 2.50. The standard InChI is InChI=1S/C18H20FN3O4/c1-18(2,3)26-17(23)21(4)11-12-7-6-10-20-16(12)13-8-5-9-14(15(13)19)22(24)25/h5-10H,11H2,1-4H3/i11D2. The van der Waals surface area contributed by atoms with Crippen molar-refractivity contribution < 1.29 is 21.6 Å². The van der Waals surface area contributed by atoms with E-state index in [4.69, 9.17) is 7.48 Å². The van der Waals surface area contributed by atoms with Gasteiger partial charge in [0.1, 0.15) is 5.60 Å². The molecule has 0 bridgehead atoms. The summed E-state index contributed by atoms with van der Waals surface area (Å²) in [5, 5.41) is 11.0. The molecule has 1 aromatic heterocycles. The van der Waals surface area contributed by atoms with E-state index in [2.05, 4.69) is 4.98 Å². The van der Waals surface area contributed by atoms with Crippen molar-refractivity contribution in [2.24, 2.45) is 0 Å². The molecule has 2 aromatic rings. The molecule has 1 heterocycles. The van der Waals surface area contributed by atoms with Crippen LogP contribution in [-0.2, 0) is 11.2 Å². The van der Waals surface area contributed by atoms with Crippen molar-refractivity contribution in [3.63, 3.8) is 0 Å². The molecule has 138 valence electrons. The van der Waals surface area contributed by atoms with Gasteiger partial charge in [-0.1, -0.05) is 12.1 Å². The monoisotopic (exact) mass is 363 g/mol. The number of nitrogens with zero attached hydrogens (tertiary/aromatic N) is 3. The number of ether oxygens (including phenoxy) is 1. The maximum atomic E-state index is 14.6. The molecule has 0 aliphatic carbocycles. The average Bonchev–Trinajstić information content (AvgIpc) is 2.59. The summed E-state index contributed by atoms with van der Waals surface area (Å²) in [7, 11) is 1.20. The summed E-state index contributed by atoms with van der Waals surface area (Å²) in [6.07, 6.45) is 0.382. The Balaban J connectivity index is 2.56. The van der Waals surface area contributed by atoms with Crippen molar-refractivity contribution in [3.8, 4) is 11.3 Å². The lowest BCUT2D eigenvalue weighted by atomic mass is 10.0. The molecule has 0 aliphatic rings. The van der Waals surface area contributed by atoms with Crippen LogP contribution in [-0.4, -0.2) is 33.5 Å². The van der Waals surface area contributed by atoms with E-state index < -0.39 is 34.6 Å². The Kier molecular flexibility index (Phi) is 4.72. The highest BCUT2D eigenvalue weighted by Crippen LogP contribution is 2.30. The van der Waals surface area contributed by atoms with E-state index in [1.165, 1.54) is 37.5 Å². The van der Waals surface area contributed by atoms with Gasteiger partial charge in [0.15, 0.2) is 0 Å². The van der Waals surface area contributed by atoms with Crippen LogP contribution in [0.2, 0.25) is 0 Å². The van der Waals surface area contributed by atoms with Crippen LogP contribution in [0.25, 0.3) is 11.3 Å². The molecule has 26 heavy (non-hydrogen) atoms. The van der Waals surface area contributed by atoms with Crippen molar-refractivity contribution in [1.82, 2.24) is 9.88 Å². The molecule has 0 saturated carbocycles. The van der Waals surface area contributed by atoms with Gasteiger partial charge in [0, 0.05) is 24.9 Å². The van der Waals surface area contributed by atoms with Crippen molar-refractivity contribution in [2.75, 3.05) is 7.05 Å². The zero-order chi connectivity index (χ0) is 21.3. The molecule has 2 rings (SSSR count). The number of carbonyl (C=O) groups excluding carboxylic acids is 1. The Morgan fingerprint density at radius 3 is 2.69 bits per heavy atom. The number of nitro groups is 1. The van der Waals surface area contributed by atoms with Crippen LogP contribution in [0.1, 0.15) is 29.1 Å². The molecule has 1 amide bonds. The minimum atomic E-state index is -2.43. The Morgan fingerprint density at radius 1 is 1.38 bits per heavy atom. The summed E-state index contributed by atoms with van der Waals surface area (Å²) in [6, 6.07) is 6.30. The predicted octanol–water partition coefficient (Wildman–Crippen LogP) is 4.16. The second kappa shape index (κ2) is 7.47. The van der Waals surface area contributed by atoms with Crippen LogP contribution in [0.5, 0.6) is 0 Å². The molecule has 0 atom stereocenters. The molecule has 0 radical (unpaired) electrons. The second-order valence-corrected chi connectivity index (χ2v) is 6.45. The number of benzene rings is 1. The SMILES string of the molecule is [2H]C([2H])(c1cccnc1-c1cccc([N+](=O)[O-])c1F)N(C)C(=O)OC(C)(C)C. The van der Waals surface area contributed by atoms with Gasteiger partial charge >= 0.3 is 11.8 Å². The molecule has 0 saturated heterocycles. The number of halogens is 1. The smallest absolute Gasteiger partial charge is 0.410 e. The van der Waals surface area contributed by atoms with E-state index in [1.807, 2.05) is 0 Å². The highest BCUT2D eigenvalue weighted by Gasteiger charge is 2.23. The molecule has 0 spiro atoms. The number of aromatic nitrogens is 1. The number of nitro benzene ring substituents is 1. The van der Waals surface area contributed by atoms with Gasteiger partial charge in [-0.05, 0) is 38.5 Å². The molecular formula is C18H20FN3O4. The Labute approximate surface area is 153 Å². The number of hydrogen-bond acceptors (Lipinski definition) is 5. The first-order chi connectivity index (χ1) is 12.9. The van der Waals surface area contributed by atoms with Crippen LogP contribution >= 0.6 is 0 Å². The number of hydrogen-bond donors (Lipinski definition) is 0. The fourth-order valence-corrected chi connectivity index (χ4v) is 2.11. The molecule has 1 aromatic carbocycles. The zero-order valence-electron chi connectivity index (χ0n) is 16.8. The topological polar surface area (TPSA) is 85.6 Å². The van der Waals surface area contributed by atoms with Crippen LogP contribution in [0.15, 0.2) is 36.5 Å². The third kappa shape index (κ3) is 4.53. The fourth-order valence-electron chi connectivity index (χ4n) is 2.11. The van der Waals surface area contributed by atoms with Crippen LogP contribution in [0.3, 0.4) is 0 Å². The van der Waals surface area contributed by atoms with Gasteiger partial charge in [0.2, 0.25) is 5.82 Å². The quantitative estimate of drug-likeness (QED) is 0.601. The van der Waals surface area contributed by atoms with Gasteiger partial charge in [0.25, 0.3) is 0 Å². The average molecular weight is 363 g/mol. The van der Waals surface area contributed by atoms with Gasteiger partial charge in [0.05, 0.1) is 19.9 Å². The molecule has 0 fully saturated rings. The van der Waals surface area contributed by atoms with Crippen LogP contribution in [0, 0.1) is 15.9 Å². The van der Waals surface area contributed by atoms with E-state index in [-0.39, 0.29) is 16.8 Å². The van der Waals surface area contributed by atoms with Crippen LogP contribution in [0.4, 0.5) is 14.9 Å². The molecular weight excluding hydrogens is 341 g/mol. The lowest BCUT2D eigenvalue weighted by Gasteiger charge is -2.25. The third-order valence-corrected chi connectivity index (χ3v) is 3.19. The summed E-state index contributed by atoms with van der Waals surface area (Å²) >= 11 is 0. The second-order valence-electron chi connectivity index (χ2n) is 6.45. The van der Waals surface area contributed by atoms with Crippen molar-refractivity contribution >= 4 is 11.8 Å². The molecule has 7 nitrogen and oxygen atoms in total. The number of carbonyl (C=O) groups is 1. The van der Waals surface area contributed by atoms with Crippen molar-refractivity contribution in [1.29, 1.82) is 0 Å². The maximum Gasteiger partial charge on any atom is 0.410 e. The van der Waals surface area contributed by atoms with Gasteiger partial charge in [-0.25, -0.2) is 4.79 Å². The highest BCUT2D eigenvalue weighted by atomic mass is 19.1. The first-order valence-electron chi connectivity index (χ1n) is 8.72. The van der Waals surface area contributed by atoms with E-state index in [1.54, 1.807) is 20.8 Å². The van der Waals surface area contributed by atoms with E-state index in [0.29, 0.717) is 0 Å². The Morgan fingerprint density at radius 2 is 2.08 bits per heavy atom. The van der Waals surface area contributed by atoms with E-state index in [0.717, 1.165) is 11.0 Å². The first kappa shape index (κ1) is 16.4. The molecule has 0 aliphatic heterocycles. The van der Waals surface area contributed by atoms with Crippen molar-refractivity contribution in [3.05, 3.63) is 58.0 Å². The number of rotatable bonds is 4. The van der Waals surface area contributed by atoms with Crippen LogP contribution < -0.4 is 0 Å². The van der Waals surface area contributed by atoms with Gasteiger partial charge in [-0.15, -0.1) is 0 Å².